The minimum Gasteiger partial charge on any atom is -0.383 e. The van der Waals surface area contributed by atoms with E-state index in [4.69, 9.17) is 10.5 Å². The van der Waals surface area contributed by atoms with E-state index in [1.165, 1.54) is 4.31 Å². The van der Waals surface area contributed by atoms with Gasteiger partial charge in [0.05, 0.1) is 6.61 Å². The van der Waals surface area contributed by atoms with Crippen LogP contribution in [0.2, 0.25) is 0 Å². The minimum atomic E-state index is -3.46. The van der Waals surface area contributed by atoms with Gasteiger partial charge in [0.2, 0.25) is 10.0 Å². The lowest BCUT2D eigenvalue weighted by Crippen LogP contribution is -2.33. The van der Waals surface area contributed by atoms with Crippen LogP contribution in [0, 0.1) is 0 Å². The molecule has 0 atom stereocenters. The molecule has 6 nitrogen and oxygen atoms in total. The Morgan fingerprint density at radius 1 is 1.50 bits per heavy atom. The molecule has 18 heavy (non-hydrogen) atoms. The molecule has 0 aromatic carbocycles. The first-order chi connectivity index (χ1) is 8.47. The van der Waals surface area contributed by atoms with E-state index in [2.05, 4.69) is 0 Å². The molecule has 1 rings (SSSR count). The molecule has 0 aliphatic rings. The maximum atomic E-state index is 12.4. The zero-order valence-corrected chi connectivity index (χ0v) is 11.9. The van der Waals surface area contributed by atoms with Crippen molar-refractivity contribution in [2.45, 2.75) is 18.4 Å². The van der Waals surface area contributed by atoms with Crippen LogP contribution in [-0.4, -0.2) is 44.1 Å². The highest BCUT2D eigenvalue weighted by Gasteiger charge is 2.24. The zero-order chi connectivity index (χ0) is 13.8. The van der Waals surface area contributed by atoms with Gasteiger partial charge in [-0.1, -0.05) is 6.92 Å². The van der Waals surface area contributed by atoms with Gasteiger partial charge in [-0.25, -0.2) is 8.42 Å². The van der Waals surface area contributed by atoms with Crippen LogP contribution < -0.4 is 5.73 Å². The van der Waals surface area contributed by atoms with Crippen molar-refractivity contribution in [3.63, 3.8) is 0 Å². The minimum absolute atomic E-state index is 0.281. The lowest BCUT2D eigenvalue weighted by atomic mass is 10.4. The average molecular weight is 275 g/mol. The van der Waals surface area contributed by atoms with Gasteiger partial charge in [0.1, 0.15) is 4.90 Å². The number of nitrogens with zero attached hydrogens (tertiary/aromatic N) is 2. The van der Waals surface area contributed by atoms with Gasteiger partial charge in [0.25, 0.3) is 0 Å². The van der Waals surface area contributed by atoms with Gasteiger partial charge in [-0.15, -0.1) is 0 Å². The Morgan fingerprint density at radius 3 is 2.61 bits per heavy atom. The molecular formula is C11H21N3O3S. The lowest BCUT2D eigenvalue weighted by molar-refractivity contribution is 0.180. The number of likely N-dealkylation sites (N-methyl/N-ethyl adjacent to an activating group) is 1. The first-order valence-corrected chi connectivity index (χ1v) is 7.25. The molecular weight excluding hydrogens is 254 g/mol. The van der Waals surface area contributed by atoms with Gasteiger partial charge < -0.3 is 15.0 Å². The van der Waals surface area contributed by atoms with Gasteiger partial charge in [-0.3, -0.25) is 0 Å². The molecule has 0 saturated heterocycles. The van der Waals surface area contributed by atoms with Crippen molar-refractivity contribution in [3.05, 3.63) is 18.0 Å². The predicted octanol–water partition coefficient (Wildman–Crippen LogP) is 0.141. The van der Waals surface area contributed by atoms with E-state index < -0.39 is 10.0 Å². The van der Waals surface area contributed by atoms with E-state index >= 15 is 0 Å². The van der Waals surface area contributed by atoms with Crippen LogP contribution >= 0.6 is 0 Å². The fourth-order valence-electron chi connectivity index (χ4n) is 1.71. The monoisotopic (exact) mass is 275 g/mol. The second-order valence-electron chi connectivity index (χ2n) is 3.97. The first kappa shape index (κ1) is 15.2. The van der Waals surface area contributed by atoms with Crippen LogP contribution in [0.5, 0.6) is 0 Å². The largest absolute Gasteiger partial charge is 0.383 e. The van der Waals surface area contributed by atoms with Crippen molar-refractivity contribution < 1.29 is 13.2 Å². The average Bonchev–Trinajstić information content (AvgIpc) is 2.72. The molecule has 0 unspecified atom stereocenters. The molecule has 7 heteroatoms. The van der Waals surface area contributed by atoms with E-state index in [1.54, 1.807) is 37.9 Å². The Labute approximate surface area is 108 Å². The van der Waals surface area contributed by atoms with Crippen molar-refractivity contribution in [1.29, 1.82) is 0 Å². The van der Waals surface area contributed by atoms with Crippen molar-refractivity contribution in [3.8, 4) is 0 Å². The van der Waals surface area contributed by atoms with Crippen molar-refractivity contribution >= 4 is 10.0 Å². The maximum Gasteiger partial charge on any atom is 0.244 e. The highest BCUT2D eigenvalue weighted by molar-refractivity contribution is 7.89. The van der Waals surface area contributed by atoms with Gasteiger partial charge in [0, 0.05) is 45.7 Å². The quantitative estimate of drug-likeness (QED) is 0.768. The number of hydrogen-bond acceptors (Lipinski definition) is 4. The second kappa shape index (κ2) is 6.33. The Bertz CT molecular complexity index is 482. The predicted molar refractivity (Wildman–Crippen MR) is 69.6 cm³/mol. The molecule has 2 N–H and O–H groups in total. The molecule has 104 valence electrons. The molecule has 0 aliphatic carbocycles. The summed E-state index contributed by atoms with van der Waals surface area (Å²) in [6, 6.07) is 1.62. The van der Waals surface area contributed by atoms with Crippen LogP contribution in [-0.2, 0) is 28.4 Å². The Kier molecular flexibility index (Phi) is 5.33. The fraction of sp³-hybridized carbons (Fsp3) is 0.636. The van der Waals surface area contributed by atoms with Gasteiger partial charge in [-0.05, 0) is 6.07 Å². The molecule has 1 aromatic heterocycles. The van der Waals surface area contributed by atoms with Crippen molar-refractivity contribution in [2.24, 2.45) is 12.8 Å². The summed E-state index contributed by atoms with van der Waals surface area (Å²) in [5.74, 6) is 0. The van der Waals surface area contributed by atoms with Crippen LogP contribution in [0.1, 0.15) is 12.6 Å². The third-order valence-electron chi connectivity index (χ3n) is 2.83. The topological polar surface area (TPSA) is 77.6 Å². The Hall–Kier alpha value is -0.890. The molecule has 0 saturated carbocycles. The number of rotatable bonds is 7. The first-order valence-electron chi connectivity index (χ1n) is 5.81. The van der Waals surface area contributed by atoms with Crippen LogP contribution in [0.3, 0.4) is 0 Å². The summed E-state index contributed by atoms with van der Waals surface area (Å²) in [6.45, 7) is 3.26. The molecule has 0 bridgehead atoms. The van der Waals surface area contributed by atoms with E-state index in [1.807, 2.05) is 0 Å². The highest BCUT2D eigenvalue weighted by atomic mass is 32.2. The standard InChI is InChI=1S/C11H21N3O3S/c1-4-14(5-6-17-3)18(15,16)11-7-10(8-12)13(2)9-11/h7,9H,4-6,8,12H2,1-3H3. The summed E-state index contributed by atoms with van der Waals surface area (Å²) in [6.07, 6.45) is 1.59. The Balaban J connectivity index is 3.02. The van der Waals surface area contributed by atoms with Crippen molar-refractivity contribution in [2.75, 3.05) is 26.8 Å². The van der Waals surface area contributed by atoms with E-state index in [-0.39, 0.29) is 4.90 Å². The molecule has 0 spiro atoms. The molecule has 0 radical (unpaired) electrons. The number of aryl methyl sites for hydroxylation is 1. The number of aromatic nitrogens is 1. The third kappa shape index (κ3) is 3.11. The number of ether oxygens (including phenoxy) is 1. The second-order valence-corrected chi connectivity index (χ2v) is 5.91. The summed E-state index contributed by atoms with van der Waals surface area (Å²) >= 11 is 0. The summed E-state index contributed by atoms with van der Waals surface area (Å²) < 4.78 is 32.8. The van der Waals surface area contributed by atoms with Gasteiger partial charge in [0.15, 0.2) is 0 Å². The summed E-state index contributed by atoms with van der Waals surface area (Å²) in [5.41, 5.74) is 6.34. The highest BCUT2D eigenvalue weighted by Crippen LogP contribution is 2.18. The van der Waals surface area contributed by atoms with Crippen molar-refractivity contribution in [1.82, 2.24) is 8.87 Å². The molecule has 1 aromatic rings. The molecule has 0 fully saturated rings. The van der Waals surface area contributed by atoms with Gasteiger partial charge >= 0.3 is 0 Å². The van der Waals surface area contributed by atoms with Crippen LogP contribution in [0.4, 0.5) is 0 Å². The zero-order valence-electron chi connectivity index (χ0n) is 11.1. The van der Waals surface area contributed by atoms with E-state index in [0.717, 1.165) is 5.69 Å². The van der Waals surface area contributed by atoms with Crippen LogP contribution in [0.25, 0.3) is 0 Å². The molecule has 1 heterocycles. The molecule has 0 amide bonds. The van der Waals surface area contributed by atoms with E-state index in [0.29, 0.717) is 26.2 Å². The summed E-state index contributed by atoms with van der Waals surface area (Å²) in [5, 5.41) is 0. The SMILES string of the molecule is CCN(CCOC)S(=O)(=O)c1cc(CN)n(C)c1. The van der Waals surface area contributed by atoms with E-state index in [9.17, 15) is 8.42 Å². The third-order valence-corrected chi connectivity index (χ3v) is 4.77. The van der Waals surface area contributed by atoms with Crippen LogP contribution in [0.15, 0.2) is 17.2 Å². The Morgan fingerprint density at radius 2 is 2.17 bits per heavy atom. The number of nitrogens with two attached hydrogens (primary N) is 1. The summed E-state index contributed by atoms with van der Waals surface area (Å²) in [4.78, 5) is 0.281. The number of sulfonamides is 1. The lowest BCUT2D eigenvalue weighted by Gasteiger charge is -2.19. The van der Waals surface area contributed by atoms with Gasteiger partial charge in [-0.2, -0.15) is 4.31 Å². The number of methoxy groups -OCH3 is 1. The fourth-order valence-corrected chi connectivity index (χ4v) is 3.24. The summed E-state index contributed by atoms with van der Waals surface area (Å²) in [7, 11) is -0.123. The molecule has 0 aliphatic heterocycles. The maximum absolute atomic E-state index is 12.4. The number of hydrogen-bond donors (Lipinski definition) is 1. The normalized spacial score (nSPS) is 12.3. The smallest absolute Gasteiger partial charge is 0.244 e.